The summed E-state index contributed by atoms with van der Waals surface area (Å²) in [4.78, 5) is 0.0366. The molecule has 0 saturated heterocycles. The third-order valence-corrected chi connectivity index (χ3v) is 6.64. The van der Waals surface area contributed by atoms with Crippen molar-refractivity contribution in [2.75, 3.05) is 7.11 Å². The van der Waals surface area contributed by atoms with Crippen molar-refractivity contribution in [3.05, 3.63) is 82.9 Å². The minimum absolute atomic E-state index is 0.0366. The van der Waals surface area contributed by atoms with E-state index in [4.69, 9.17) is 8.92 Å². The number of para-hydroxylation sites is 1. The SMILES string of the molecule is COS(=O)(=O)c1ccc(C)cc1C1Cc2cccc(-c3ccc(C(F)(F)F)cc3)c2O1. The van der Waals surface area contributed by atoms with E-state index in [0.717, 1.165) is 30.4 Å². The highest BCUT2D eigenvalue weighted by atomic mass is 32.2. The Morgan fingerprint density at radius 2 is 1.74 bits per heavy atom. The molecule has 4 rings (SSSR count). The van der Waals surface area contributed by atoms with E-state index in [0.29, 0.717) is 28.9 Å². The molecule has 4 nitrogen and oxygen atoms in total. The van der Waals surface area contributed by atoms with Crippen LogP contribution in [0.4, 0.5) is 13.2 Å². The molecule has 0 N–H and O–H groups in total. The van der Waals surface area contributed by atoms with Crippen LogP contribution in [0.25, 0.3) is 11.1 Å². The number of aryl methyl sites for hydroxylation is 1. The largest absolute Gasteiger partial charge is 0.484 e. The van der Waals surface area contributed by atoms with E-state index in [2.05, 4.69) is 0 Å². The van der Waals surface area contributed by atoms with E-state index in [9.17, 15) is 21.6 Å². The molecule has 0 fully saturated rings. The number of ether oxygens (including phenoxy) is 1. The van der Waals surface area contributed by atoms with Gasteiger partial charge in [0.15, 0.2) is 0 Å². The van der Waals surface area contributed by atoms with Gasteiger partial charge < -0.3 is 4.74 Å². The molecule has 0 spiro atoms. The molecular formula is C23H19F3O4S. The molecule has 0 aromatic heterocycles. The predicted molar refractivity (Wildman–Crippen MR) is 109 cm³/mol. The van der Waals surface area contributed by atoms with E-state index in [1.165, 1.54) is 18.2 Å². The van der Waals surface area contributed by atoms with Gasteiger partial charge >= 0.3 is 6.18 Å². The lowest BCUT2D eigenvalue weighted by atomic mass is 9.98. The van der Waals surface area contributed by atoms with Gasteiger partial charge in [-0.25, -0.2) is 0 Å². The van der Waals surface area contributed by atoms with Gasteiger partial charge in [-0.1, -0.05) is 48.0 Å². The van der Waals surface area contributed by atoms with E-state index < -0.39 is 28.0 Å². The fraction of sp³-hybridized carbons (Fsp3) is 0.217. The van der Waals surface area contributed by atoms with Gasteiger partial charge in [-0.05, 0) is 36.2 Å². The Morgan fingerprint density at radius 1 is 1.03 bits per heavy atom. The number of benzene rings is 3. The van der Waals surface area contributed by atoms with Gasteiger partial charge in [-0.15, -0.1) is 0 Å². The molecule has 1 atom stereocenters. The molecule has 3 aromatic carbocycles. The summed E-state index contributed by atoms with van der Waals surface area (Å²) in [5.41, 5.74) is 2.71. The van der Waals surface area contributed by atoms with Crippen LogP contribution in [0, 0.1) is 6.92 Å². The van der Waals surface area contributed by atoms with E-state index in [1.54, 1.807) is 24.3 Å². The van der Waals surface area contributed by atoms with Gasteiger partial charge in [0.25, 0.3) is 10.1 Å². The summed E-state index contributed by atoms with van der Waals surface area (Å²) in [7, 11) is -2.83. The molecule has 0 amide bonds. The summed E-state index contributed by atoms with van der Waals surface area (Å²) >= 11 is 0. The molecule has 0 saturated carbocycles. The molecule has 1 aliphatic heterocycles. The summed E-state index contributed by atoms with van der Waals surface area (Å²) in [6.07, 6.45) is -4.54. The lowest BCUT2D eigenvalue weighted by Gasteiger charge is -2.17. The number of hydrogen-bond donors (Lipinski definition) is 0. The van der Waals surface area contributed by atoms with Crippen LogP contribution in [0.1, 0.15) is 28.4 Å². The third-order valence-electron chi connectivity index (χ3n) is 5.29. The van der Waals surface area contributed by atoms with Crippen molar-refractivity contribution in [2.24, 2.45) is 0 Å². The minimum atomic E-state index is -4.41. The molecule has 0 radical (unpaired) electrons. The normalized spacial score (nSPS) is 16.1. The standard InChI is InChI=1S/C23H19F3O4S/c1-14-6-11-21(31(27,28)29-2)19(12-14)20-13-16-4-3-5-18(22(16)30-20)15-7-9-17(10-8-15)23(24,25)26/h3-12,20H,13H2,1-2H3. The molecule has 1 heterocycles. The van der Waals surface area contributed by atoms with Gasteiger partial charge in [0, 0.05) is 17.5 Å². The van der Waals surface area contributed by atoms with Crippen LogP contribution in [0.3, 0.4) is 0 Å². The monoisotopic (exact) mass is 448 g/mol. The zero-order valence-corrected chi connectivity index (χ0v) is 17.5. The lowest BCUT2D eigenvalue weighted by molar-refractivity contribution is -0.137. The first kappa shape index (κ1) is 21.4. The Balaban J connectivity index is 1.73. The molecule has 3 aromatic rings. The zero-order valence-electron chi connectivity index (χ0n) is 16.7. The second-order valence-electron chi connectivity index (χ2n) is 7.34. The molecule has 8 heteroatoms. The second-order valence-corrected chi connectivity index (χ2v) is 9.02. The van der Waals surface area contributed by atoms with E-state index in [1.807, 2.05) is 13.0 Å². The van der Waals surface area contributed by atoms with Gasteiger partial charge in [-0.3, -0.25) is 4.18 Å². The molecule has 31 heavy (non-hydrogen) atoms. The Labute approximate surface area is 178 Å². The van der Waals surface area contributed by atoms with Crippen LogP contribution >= 0.6 is 0 Å². The number of hydrogen-bond acceptors (Lipinski definition) is 4. The fourth-order valence-corrected chi connectivity index (χ4v) is 4.64. The van der Waals surface area contributed by atoms with Gasteiger partial charge in [0.2, 0.25) is 0 Å². The molecule has 0 aliphatic carbocycles. The Kier molecular flexibility index (Phi) is 5.31. The summed E-state index contributed by atoms with van der Waals surface area (Å²) in [6.45, 7) is 1.85. The molecular weight excluding hydrogens is 429 g/mol. The molecule has 1 unspecified atom stereocenters. The molecule has 162 valence electrons. The highest BCUT2D eigenvalue weighted by molar-refractivity contribution is 7.86. The maximum absolute atomic E-state index is 12.9. The average molecular weight is 448 g/mol. The van der Waals surface area contributed by atoms with Crippen LogP contribution in [0.2, 0.25) is 0 Å². The smallest absolute Gasteiger partial charge is 0.416 e. The number of rotatable bonds is 4. The van der Waals surface area contributed by atoms with Gasteiger partial charge in [0.1, 0.15) is 16.7 Å². The number of fused-ring (bicyclic) bond motifs is 1. The maximum atomic E-state index is 12.9. The van der Waals surface area contributed by atoms with E-state index >= 15 is 0 Å². The fourth-order valence-electron chi connectivity index (χ4n) is 3.74. The first-order chi connectivity index (χ1) is 14.6. The van der Waals surface area contributed by atoms with Crippen molar-refractivity contribution in [1.29, 1.82) is 0 Å². The Morgan fingerprint density at radius 3 is 2.39 bits per heavy atom. The summed E-state index contributed by atoms with van der Waals surface area (Å²) in [5, 5.41) is 0. The van der Waals surface area contributed by atoms with Crippen molar-refractivity contribution in [1.82, 2.24) is 0 Å². The zero-order chi connectivity index (χ0) is 22.4. The first-order valence-corrected chi connectivity index (χ1v) is 10.9. The van der Waals surface area contributed by atoms with Crippen molar-refractivity contribution >= 4 is 10.1 Å². The highest BCUT2D eigenvalue weighted by Crippen LogP contribution is 2.45. The molecule has 1 aliphatic rings. The first-order valence-electron chi connectivity index (χ1n) is 9.47. The quantitative estimate of drug-likeness (QED) is 0.481. The van der Waals surface area contributed by atoms with Crippen molar-refractivity contribution in [3.8, 4) is 16.9 Å². The van der Waals surface area contributed by atoms with Crippen molar-refractivity contribution in [3.63, 3.8) is 0 Å². The highest BCUT2D eigenvalue weighted by Gasteiger charge is 2.33. The maximum Gasteiger partial charge on any atom is 0.416 e. The Bertz CT molecular complexity index is 1230. The van der Waals surface area contributed by atoms with Gasteiger partial charge in [-0.2, -0.15) is 21.6 Å². The van der Waals surface area contributed by atoms with Crippen LogP contribution in [-0.2, 0) is 26.9 Å². The summed E-state index contributed by atoms with van der Waals surface area (Å²) in [6, 6.07) is 15.2. The van der Waals surface area contributed by atoms with Crippen LogP contribution < -0.4 is 4.74 Å². The van der Waals surface area contributed by atoms with Gasteiger partial charge in [0.05, 0.1) is 12.7 Å². The second kappa shape index (κ2) is 7.69. The summed E-state index contributed by atoms with van der Waals surface area (Å²) in [5.74, 6) is 0.537. The van der Waals surface area contributed by atoms with Crippen molar-refractivity contribution < 1.29 is 30.5 Å². The average Bonchev–Trinajstić information content (AvgIpc) is 3.17. The van der Waals surface area contributed by atoms with E-state index in [-0.39, 0.29) is 4.90 Å². The minimum Gasteiger partial charge on any atom is -0.484 e. The number of halogens is 3. The lowest BCUT2D eigenvalue weighted by Crippen LogP contribution is -2.12. The topological polar surface area (TPSA) is 52.6 Å². The third kappa shape index (κ3) is 4.05. The summed E-state index contributed by atoms with van der Waals surface area (Å²) < 4.78 is 74.3. The van der Waals surface area contributed by atoms with Crippen molar-refractivity contribution in [2.45, 2.75) is 30.5 Å². The van der Waals surface area contributed by atoms with Crippen LogP contribution in [-0.4, -0.2) is 15.5 Å². The predicted octanol–water partition coefficient (Wildman–Crippen LogP) is 5.69. The van der Waals surface area contributed by atoms with Crippen LogP contribution in [0.5, 0.6) is 5.75 Å². The molecule has 0 bridgehead atoms. The van der Waals surface area contributed by atoms with Crippen LogP contribution in [0.15, 0.2) is 65.6 Å². The Hall–Kier alpha value is -2.84. The number of alkyl halides is 3.